The SMILES string of the molecule is O=C(O)CN(c1ccccc1)C1CCc2cc(Cl)ccc21. The summed E-state index contributed by atoms with van der Waals surface area (Å²) in [5, 5.41) is 9.97. The Morgan fingerprint density at radius 2 is 2.00 bits per heavy atom. The molecule has 1 aliphatic rings. The Bertz CT molecular complexity index is 657. The molecule has 2 aromatic rings. The molecule has 0 aromatic heterocycles. The summed E-state index contributed by atoms with van der Waals surface area (Å²) in [4.78, 5) is 13.2. The summed E-state index contributed by atoms with van der Waals surface area (Å²) < 4.78 is 0. The van der Waals surface area contributed by atoms with E-state index < -0.39 is 5.97 Å². The van der Waals surface area contributed by atoms with Gasteiger partial charge < -0.3 is 10.0 Å². The first kappa shape index (κ1) is 14.0. The summed E-state index contributed by atoms with van der Waals surface area (Å²) in [6.45, 7) is -0.00323. The smallest absolute Gasteiger partial charge is 0.323 e. The van der Waals surface area contributed by atoms with E-state index in [1.54, 1.807) is 0 Å². The van der Waals surface area contributed by atoms with Gasteiger partial charge in [-0.2, -0.15) is 0 Å². The van der Waals surface area contributed by atoms with E-state index in [2.05, 4.69) is 0 Å². The van der Waals surface area contributed by atoms with Crippen LogP contribution in [0.15, 0.2) is 48.5 Å². The molecule has 3 rings (SSSR count). The van der Waals surface area contributed by atoms with Crippen molar-refractivity contribution in [3.8, 4) is 0 Å². The second-order valence-electron chi connectivity index (χ2n) is 5.25. The monoisotopic (exact) mass is 301 g/mol. The molecular formula is C17H16ClNO2. The van der Waals surface area contributed by atoms with Crippen LogP contribution in [0.2, 0.25) is 5.02 Å². The Labute approximate surface area is 128 Å². The van der Waals surface area contributed by atoms with Gasteiger partial charge in [0.15, 0.2) is 0 Å². The number of nitrogens with zero attached hydrogens (tertiary/aromatic N) is 1. The van der Waals surface area contributed by atoms with Gasteiger partial charge in [-0.1, -0.05) is 35.9 Å². The third-order valence-corrected chi connectivity index (χ3v) is 4.16. The highest BCUT2D eigenvalue weighted by atomic mass is 35.5. The number of fused-ring (bicyclic) bond motifs is 1. The van der Waals surface area contributed by atoms with Gasteiger partial charge in [0.2, 0.25) is 0 Å². The van der Waals surface area contributed by atoms with E-state index in [9.17, 15) is 9.90 Å². The number of halogens is 1. The molecule has 0 spiro atoms. The van der Waals surface area contributed by atoms with Crippen molar-refractivity contribution in [2.24, 2.45) is 0 Å². The predicted octanol–water partition coefficient (Wildman–Crippen LogP) is 3.92. The second-order valence-corrected chi connectivity index (χ2v) is 5.69. The number of hydrogen-bond acceptors (Lipinski definition) is 2. The van der Waals surface area contributed by atoms with Crippen molar-refractivity contribution < 1.29 is 9.90 Å². The minimum absolute atomic E-state index is 0.00323. The van der Waals surface area contributed by atoms with E-state index in [0.29, 0.717) is 0 Å². The van der Waals surface area contributed by atoms with Gasteiger partial charge in [0.05, 0.1) is 6.04 Å². The van der Waals surface area contributed by atoms with E-state index in [4.69, 9.17) is 11.6 Å². The molecule has 1 unspecified atom stereocenters. The molecule has 21 heavy (non-hydrogen) atoms. The Morgan fingerprint density at radius 1 is 1.24 bits per heavy atom. The topological polar surface area (TPSA) is 40.5 Å². The number of hydrogen-bond donors (Lipinski definition) is 1. The third-order valence-electron chi connectivity index (χ3n) is 3.92. The maximum absolute atomic E-state index is 11.2. The molecule has 0 saturated heterocycles. The molecule has 1 N–H and O–H groups in total. The lowest BCUT2D eigenvalue weighted by Gasteiger charge is -2.30. The zero-order valence-electron chi connectivity index (χ0n) is 11.5. The molecule has 1 atom stereocenters. The lowest BCUT2D eigenvalue weighted by molar-refractivity contribution is -0.135. The maximum Gasteiger partial charge on any atom is 0.323 e. The highest BCUT2D eigenvalue weighted by molar-refractivity contribution is 6.30. The molecule has 3 nitrogen and oxygen atoms in total. The van der Waals surface area contributed by atoms with E-state index in [1.165, 1.54) is 11.1 Å². The quantitative estimate of drug-likeness (QED) is 0.930. The molecule has 0 fully saturated rings. The Kier molecular flexibility index (Phi) is 3.84. The van der Waals surface area contributed by atoms with E-state index in [-0.39, 0.29) is 12.6 Å². The van der Waals surface area contributed by atoms with Crippen molar-refractivity contribution in [2.45, 2.75) is 18.9 Å². The van der Waals surface area contributed by atoms with E-state index >= 15 is 0 Å². The average Bonchev–Trinajstić information content (AvgIpc) is 2.88. The van der Waals surface area contributed by atoms with Crippen molar-refractivity contribution in [1.29, 1.82) is 0 Å². The summed E-state index contributed by atoms with van der Waals surface area (Å²) in [6, 6.07) is 15.7. The minimum atomic E-state index is -0.818. The van der Waals surface area contributed by atoms with Gasteiger partial charge >= 0.3 is 5.97 Å². The Hall–Kier alpha value is -2.00. The zero-order valence-corrected chi connectivity index (χ0v) is 12.3. The van der Waals surface area contributed by atoms with Crippen LogP contribution >= 0.6 is 11.6 Å². The van der Waals surface area contributed by atoms with Crippen molar-refractivity contribution in [2.75, 3.05) is 11.4 Å². The van der Waals surface area contributed by atoms with Crippen LogP contribution in [0.4, 0.5) is 5.69 Å². The fraction of sp³-hybridized carbons (Fsp3) is 0.235. The molecule has 0 radical (unpaired) electrons. The summed E-state index contributed by atoms with van der Waals surface area (Å²) >= 11 is 6.04. The molecule has 4 heteroatoms. The number of aryl methyl sites for hydroxylation is 1. The van der Waals surface area contributed by atoms with E-state index in [1.807, 2.05) is 53.4 Å². The number of para-hydroxylation sites is 1. The van der Waals surface area contributed by atoms with Gasteiger partial charge in [0, 0.05) is 10.7 Å². The van der Waals surface area contributed by atoms with Gasteiger partial charge in [0.25, 0.3) is 0 Å². The lowest BCUT2D eigenvalue weighted by Crippen LogP contribution is -2.32. The van der Waals surface area contributed by atoms with Crippen molar-refractivity contribution in [3.05, 3.63) is 64.7 Å². The molecule has 0 heterocycles. The summed E-state index contributed by atoms with van der Waals surface area (Å²) in [5.41, 5.74) is 3.34. The van der Waals surface area contributed by atoms with Gasteiger partial charge in [-0.05, 0) is 48.2 Å². The van der Waals surface area contributed by atoms with Crippen LogP contribution in [0.3, 0.4) is 0 Å². The first-order chi connectivity index (χ1) is 10.1. The number of rotatable bonds is 4. The molecule has 0 bridgehead atoms. The van der Waals surface area contributed by atoms with Crippen molar-refractivity contribution >= 4 is 23.3 Å². The van der Waals surface area contributed by atoms with Crippen LogP contribution in [0, 0.1) is 0 Å². The fourth-order valence-corrected chi connectivity index (χ4v) is 3.23. The zero-order chi connectivity index (χ0) is 14.8. The van der Waals surface area contributed by atoms with E-state index in [0.717, 1.165) is 23.6 Å². The highest BCUT2D eigenvalue weighted by Gasteiger charge is 2.29. The van der Waals surface area contributed by atoms with Gasteiger partial charge in [-0.3, -0.25) is 4.79 Å². The number of aliphatic carboxylic acids is 1. The summed E-state index contributed by atoms with van der Waals surface area (Å²) in [6.07, 6.45) is 1.85. The van der Waals surface area contributed by atoms with Crippen LogP contribution in [0.5, 0.6) is 0 Å². The average molecular weight is 302 g/mol. The van der Waals surface area contributed by atoms with Crippen LogP contribution in [-0.2, 0) is 11.2 Å². The first-order valence-electron chi connectivity index (χ1n) is 6.97. The number of carbonyl (C=O) groups is 1. The fourth-order valence-electron chi connectivity index (χ4n) is 3.03. The molecular weight excluding hydrogens is 286 g/mol. The number of carboxylic acids is 1. The molecule has 0 aliphatic heterocycles. The maximum atomic E-state index is 11.2. The molecule has 0 saturated carbocycles. The van der Waals surface area contributed by atoms with Crippen LogP contribution in [0.1, 0.15) is 23.6 Å². The lowest BCUT2D eigenvalue weighted by atomic mass is 10.1. The Morgan fingerprint density at radius 3 is 2.71 bits per heavy atom. The third kappa shape index (κ3) is 2.88. The molecule has 108 valence electrons. The Balaban J connectivity index is 1.98. The molecule has 1 aliphatic carbocycles. The summed E-state index contributed by atoms with van der Waals surface area (Å²) in [7, 11) is 0. The van der Waals surface area contributed by atoms with Gasteiger partial charge in [-0.25, -0.2) is 0 Å². The molecule has 0 amide bonds. The highest BCUT2D eigenvalue weighted by Crippen LogP contribution is 2.39. The minimum Gasteiger partial charge on any atom is -0.480 e. The number of benzene rings is 2. The molecule has 2 aromatic carbocycles. The normalized spacial score (nSPS) is 16.5. The van der Waals surface area contributed by atoms with Gasteiger partial charge in [0.1, 0.15) is 6.54 Å². The summed E-state index contributed by atoms with van der Waals surface area (Å²) in [5.74, 6) is -0.818. The first-order valence-corrected chi connectivity index (χ1v) is 7.35. The largest absolute Gasteiger partial charge is 0.480 e. The van der Waals surface area contributed by atoms with Crippen LogP contribution in [0.25, 0.3) is 0 Å². The van der Waals surface area contributed by atoms with Crippen molar-refractivity contribution in [1.82, 2.24) is 0 Å². The standard InChI is InChI=1S/C17H16ClNO2/c18-13-7-8-15-12(10-13)6-9-16(15)19(11-17(20)21)14-4-2-1-3-5-14/h1-5,7-8,10,16H,6,9,11H2,(H,20,21). The van der Waals surface area contributed by atoms with Crippen LogP contribution < -0.4 is 4.90 Å². The predicted molar refractivity (Wildman–Crippen MR) is 83.9 cm³/mol. The van der Waals surface area contributed by atoms with Crippen LogP contribution in [-0.4, -0.2) is 17.6 Å². The second kappa shape index (κ2) is 5.78. The van der Waals surface area contributed by atoms with Gasteiger partial charge in [-0.15, -0.1) is 0 Å². The number of carboxylic acid groups (broad SMARTS) is 1. The van der Waals surface area contributed by atoms with Crippen molar-refractivity contribution in [3.63, 3.8) is 0 Å². The number of anilines is 1.